The van der Waals surface area contributed by atoms with Gasteiger partial charge >= 0.3 is 0 Å². The third kappa shape index (κ3) is 3.68. The Kier molecular flexibility index (Phi) is 4.95. The van der Waals surface area contributed by atoms with E-state index in [2.05, 4.69) is 12.2 Å². The van der Waals surface area contributed by atoms with Crippen LogP contribution in [0.25, 0.3) is 0 Å². The molecule has 2 atom stereocenters. The fourth-order valence-electron chi connectivity index (χ4n) is 2.25. The first-order valence-corrected chi connectivity index (χ1v) is 6.58. The summed E-state index contributed by atoms with van der Waals surface area (Å²) in [5, 5.41) is 12.6. The van der Waals surface area contributed by atoms with Crippen LogP contribution in [0.3, 0.4) is 0 Å². The zero-order valence-electron chi connectivity index (χ0n) is 11.2. The quantitative estimate of drug-likeness (QED) is 0.689. The smallest absolute Gasteiger partial charge is 0.224 e. The van der Waals surface area contributed by atoms with Crippen molar-refractivity contribution in [1.82, 2.24) is 5.32 Å². The molecular weight excluding hydrogens is 216 g/mol. The second kappa shape index (κ2) is 5.83. The highest BCUT2D eigenvalue weighted by Gasteiger charge is 2.36. The molecule has 0 spiro atoms. The molecule has 0 aromatic heterocycles. The van der Waals surface area contributed by atoms with E-state index in [0.29, 0.717) is 5.92 Å². The van der Waals surface area contributed by atoms with Gasteiger partial charge in [0, 0.05) is 12.0 Å². The first-order chi connectivity index (χ1) is 7.90. The molecule has 0 bridgehead atoms. The van der Waals surface area contributed by atoms with Crippen molar-refractivity contribution in [3.63, 3.8) is 0 Å². The molecule has 1 fully saturated rings. The summed E-state index contributed by atoms with van der Waals surface area (Å²) in [4.78, 5) is 12.0. The number of rotatable bonds is 4. The third-order valence-electron chi connectivity index (χ3n) is 4.12. The maximum Gasteiger partial charge on any atom is 0.224 e. The fraction of sp³-hybridized carbons (Fsp3) is 0.923. The van der Waals surface area contributed by atoms with E-state index in [4.69, 9.17) is 5.73 Å². The van der Waals surface area contributed by atoms with Gasteiger partial charge < -0.3 is 16.2 Å². The van der Waals surface area contributed by atoms with Crippen LogP contribution in [-0.2, 0) is 4.79 Å². The van der Waals surface area contributed by atoms with Gasteiger partial charge in [0.2, 0.25) is 5.91 Å². The summed E-state index contributed by atoms with van der Waals surface area (Å²) in [6.07, 6.45) is 3.85. The van der Waals surface area contributed by atoms with Gasteiger partial charge in [0.05, 0.1) is 12.1 Å². The van der Waals surface area contributed by atoms with E-state index in [1.165, 1.54) is 0 Å². The van der Waals surface area contributed by atoms with Crippen molar-refractivity contribution in [1.29, 1.82) is 0 Å². The standard InChI is InChI=1S/C13H26N2O2/c1-9-4-6-13(8-16,7-5-9)15-12(17)10(2)11(3)14/h9-11,16H,4-8,14H2,1-3H3,(H,15,17). The molecule has 1 rings (SSSR count). The highest BCUT2D eigenvalue weighted by atomic mass is 16.3. The number of nitrogens with one attached hydrogen (secondary N) is 1. The van der Waals surface area contributed by atoms with Gasteiger partial charge in [-0.15, -0.1) is 0 Å². The molecule has 17 heavy (non-hydrogen) atoms. The van der Waals surface area contributed by atoms with Crippen LogP contribution >= 0.6 is 0 Å². The Morgan fingerprint density at radius 3 is 2.41 bits per heavy atom. The SMILES string of the molecule is CC1CCC(CO)(NC(=O)C(C)C(C)N)CC1. The van der Waals surface area contributed by atoms with E-state index in [1.807, 2.05) is 13.8 Å². The number of hydrogen-bond acceptors (Lipinski definition) is 3. The number of carbonyl (C=O) groups is 1. The zero-order valence-corrected chi connectivity index (χ0v) is 11.2. The van der Waals surface area contributed by atoms with Gasteiger partial charge in [0.1, 0.15) is 0 Å². The van der Waals surface area contributed by atoms with E-state index < -0.39 is 5.54 Å². The lowest BCUT2D eigenvalue weighted by atomic mass is 9.77. The number of hydrogen-bond donors (Lipinski definition) is 3. The number of amides is 1. The van der Waals surface area contributed by atoms with Crippen LogP contribution < -0.4 is 11.1 Å². The highest BCUT2D eigenvalue weighted by molar-refractivity contribution is 5.79. The molecule has 4 nitrogen and oxygen atoms in total. The second-order valence-corrected chi connectivity index (χ2v) is 5.76. The van der Waals surface area contributed by atoms with Crippen molar-refractivity contribution in [3.05, 3.63) is 0 Å². The zero-order chi connectivity index (χ0) is 13.1. The van der Waals surface area contributed by atoms with E-state index in [9.17, 15) is 9.90 Å². The Morgan fingerprint density at radius 1 is 1.47 bits per heavy atom. The van der Waals surface area contributed by atoms with Crippen LogP contribution in [-0.4, -0.2) is 29.2 Å². The minimum atomic E-state index is -0.410. The minimum Gasteiger partial charge on any atom is -0.394 e. The van der Waals surface area contributed by atoms with Crippen molar-refractivity contribution in [3.8, 4) is 0 Å². The molecule has 0 heterocycles. The molecule has 1 saturated carbocycles. The van der Waals surface area contributed by atoms with Gasteiger partial charge in [-0.3, -0.25) is 4.79 Å². The summed E-state index contributed by atoms with van der Waals surface area (Å²) in [5.41, 5.74) is 5.32. The van der Waals surface area contributed by atoms with E-state index >= 15 is 0 Å². The van der Waals surface area contributed by atoms with Crippen LogP contribution in [0.5, 0.6) is 0 Å². The first-order valence-electron chi connectivity index (χ1n) is 6.58. The Hall–Kier alpha value is -0.610. The normalized spacial score (nSPS) is 32.9. The molecule has 0 saturated heterocycles. The van der Waals surface area contributed by atoms with Gasteiger partial charge in [-0.25, -0.2) is 0 Å². The van der Waals surface area contributed by atoms with Gasteiger partial charge in [-0.2, -0.15) is 0 Å². The Morgan fingerprint density at radius 2 is 2.00 bits per heavy atom. The Bertz CT molecular complexity index is 258. The molecule has 4 N–H and O–H groups in total. The fourth-order valence-corrected chi connectivity index (χ4v) is 2.25. The Labute approximate surface area is 104 Å². The lowest BCUT2D eigenvalue weighted by Gasteiger charge is -2.39. The van der Waals surface area contributed by atoms with E-state index in [0.717, 1.165) is 25.7 Å². The average Bonchev–Trinajstić information content (AvgIpc) is 2.31. The molecular formula is C13H26N2O2. The largest absolute Gasteiger partial charge is 0.394 e. The van der Waals surface area contributed by atoms with Crippen LogP contribution in [0.15, 0.2) is 0 Å². The van der Waals surface area contributed by atoms with E-state index in [1.54, 1.807) is 0 Å². The first kappa shape index (κ1) is 14.5. The minimum absolute atomic E-state index is 0.0249. The monoisotopic (exact) mass is 242 g/mol. The molecule has 0 radical (unpaired) electrons. The van der Waals surface area contributed by atoms with Crippen molar-refractivity contribution in [2.75, 3.05) is 6.61 Å². The highest BCUT2D eigenvalue weighted by Crippen LogP contribution is 2.31. The molecule has 0 aliphatic heterocycles. The summed E-state index contributed by atoms with van der Waals surface area (Å²) < 4.78 is 0. The topological polar surface area (TPSA) is 75.3 Å². The molecule has 2 unspecified atom stereocenters. The molecule has 1 aliphatic rings. The van der Waals surface area contributed by atoms with Crippen LogP contribution in [0.4, 0.5) is 0 Å². The summed E-state index contributed by atoms with van der Waals surface area (Å²) >= 11 is 0. The van der Waals surface area contributed by atoms with Crippen molar-refractivity contribution in [2.24, 2.45) is 17.6 Å². The maximum atomic E-state index is 12.0. The van der Waals surface area contributed by atoms with Crippen LogP contribution in [0.2, 0.25) is 0 Å². The van der Waals surface area contributed by atoms with Gasteiger partial charge in [-0.05, 0) is 38.5 Å². The summed E-state index contributed by atoms with van der Waals surface area (Å²) in [5.74, 6) is 0.443. The average molecular weight is 242 g/mol. The number of carbonyl (C=O) groups excluding carboxylic acids is 1. The molecule has 1 amide bonds. The van der Waals surface area contributed by atoms with Gasteiger partial charge in [0.15, 0.2) is 0 Å². The molecule has 0 aromatic carbocycles. The number of aliphatic hydroxyl groups excluding tert-OH is 1. The summed E-state index contributed by atoms with van der Waals surface area (Å²) in [6.45, 7) is 5.90. The van der Waals surface area contributed by atoms with Crippen molar-refractivity contribution in [2.45, 2.75) is 58.0 Å². The lowest BCUT2D eigenvalue weighted by Crippen LogP contribution is -2.56. The van der Waals surface area contributed by atoms with E-state index in [-0.39, 0.29) is 24.5 Å². The van der Waals surface area contributed by atoms with Crippen LogP contribution in [0.1, 0.15) is 46.5 Å². The lowest BCUT2D eigenvalue weighted by molar-refractivity contribution is -0.128. The molecule has 1 aliphatic carbocycles. The summed E-state index contributed by atoms with van der Waals surface area (Å²) in [7, 11) is 0. The number of aliphatic hydroxyl groups is 1. The predicted molar refractivity (Wildman–Crippen MR) is 68.4 cm³/mol. The number of nitrogens with two attached hydrogens (primary N) is 1. The van der Waals surface area contributed by atoms with Crippen molar-refractivity contribution >= 4 is 5.91 Å². The van der Waals surface area contributed by atoms with Crippen molar-refractivity contribution < 1.29 is 9.90 Å². The molecule has 4 heteroatoms. The second-order valence-electron chi connectivity index (χ2n) is 5.76. The summed E-state index contributed by atoms with van der Waals surface area (Å²) in [6, 6.07) is -0.159. The Balaban J connectivity index is 2.60. The van der Waals surface area contributed by atoms with Crippen LogP contribution in [0, 0.1) is 11.8 Å². The van der Waals surface area contributed by atoms with Gasteiger partial charge in [-0.1, -0.05) is 13.8 Å². The predicted octanol–water partition coefficient (Wildman–Crippen LogP) is 1.03. The molecule has 100 valence electrons. The van der Waals surface area contributed by atoms with Gasteiger partial charge in [0.25, 0.3) is 0 Å². The third-order valence-corrected chi connectivity index (χ3v) is 4.12. The molecule has 0 aromatic rings. The maximum absolute atomic E-state index is 12.0.